The largest absolute Gasteiger partial charge is 0.396 e. The molecule has 15 heavy (non-hydrogen) atoms. The van der Waals surface area contributed by atoms with E-state index in [0.29, 0.717) is 0 Å². The average molecular weight is 211 g/mol. The van der Waals surface area contributed by atoms with Crippen LogP contribution in [-0.4, -0.2) is 11.7 Å². The third-order valence-electron chi connectivity index (χ3n) is 2.82. The number of aryl methyl sites for hydroxylation is 1. The van der Waals surface area contributed by atoms with E-state index in [1.54, 1.807) is 6.07 Å². The summed E-state index contributed by atoms with van der Waals surface area (Å²) in [6.45, 7) is 5.61. The van der Waals surface area contributed by atoms with Crippen LogP contribution in [0, 0.1) is 18.2 Å². The molecule has 0 spiro atoms. The SMILES string of the molecule is Cc1cc(F)ccc1[C@H](N)C(C)(C)CO. The van der Waals surface area contributed by atoms with E-state index < -0.39 is 5.41 Å². The van der Waals surface area contributed by atoms with Gasteiger partial charge in [0.1, 0.15) is 5.82 Å². The maximum atomic E-state index is 12.9. The van der Waals surface area contributed by atoms with Gasteiger partial charge in [-0.1, -0.05) is 19.9 Å². The summed E-state index contributed by atoms with van der Waals surface area (Å²) in [4.78, 5) is 0. The van der Waals surface area contributed by atoms with Crippen LogP contribution in [-0.2, 0) is 0 Å². The van der Waals surface area contributed by atoms with E-state index in [2.05, 4.69) is 0 Å². The van der Waals surface area contributed by atoms with Gasteiger partial charge < -0.3 is 10.8 Å². The summed E-state index contributed by atoms with van der Waals surface area (Å²) in [5.41, 5.74) is 7.36. The van der Waals surface area contributed by atoms with Crippen LogP contribution in [0.1, 0.15) is 31.0 Å². The maximum Gasteiger partial charge on any atom is 0.123 e. The zero-order chi connectivity index (χ0) is 11.6. The minimum atomic E-state index is -0.400. The Balaban J connectivity index is 3.06. The van der Waals surface area contributed by atoms with Crippen molar-refractivity contribution < 1.29 is 9.50 Å². The first kappa shape index (κ1) is 12.1. The van der Waals surface area contributed by atoms with Crippen molar-refractivity contribution in [2.24, 2.45) is 11.1 Å². The fraction of sp³-hybridized carbons (Fsp3) is 0.500. The van der Waals surface area contributed by atoms with Crippen LogP contribution in [0.5, 0.6) is 0 Å². The molecule has 0 aliphatic carbocycles. The third-order valence-corrected chi connectivity index (χ3v) is 2.82. The van der Waals surface area contributed by atoms with E-state index in [4.69, 9.17) is 5.73 Å². The summed E-state index contributed by atoms with van der Waals surface area (Å²) in [5.74, 6) is -0.259. The summed E-state index contributed by atoms with van der Waals surface area (Å²) in [6.07, 6.45) is 0. The van der Waals surface area contributed by atoms with Crippen molar-refractivity contribution in [3.8, 4) is 0 Å². The summed E-state index contributed by atoms with van der Waals surface area (Å²) < 4.78 is 12.9. The zero-order valence-corrected chi connectivity index (χ0v) is 9.42. The highest BCUT2D eigenvalue weighted by atomic mass is 19.1. The molecule has 0 saturated carbocycles. The number of benzene rings is 1. The normalized spacial score (nSPS) is 14.0. The van der Waals surface area contributed by atoms with Crippen molar-refractivity contribution in [3.63, 3.8) is 0 Å². The Hall–Kier alpha value is -0.930. The minimum Gasteiger partial charge on any atom is -0.396 e. The highest BCUT2D eigenvalue weighted by Gasteiger charge is 2.27. The third kappa shape index (κ3) is 2.55. The Labute approximate surface area is 89.9 Å². The molecule has 0 unspecified atom stereocenters. The highest BCUT2D eigenvalue weighted by molar-refractivity contribution is 5.30. The molecule has 0 heterocycles. The predicted octanol–water partition coefficient (Wildman–Crippen LogP) is 2.15. The number of rotatable bonds is 3. The van der Waals surface area contributed by atoms with E-state index in [1.165, 1.54) is 12.1 Å². The number of nitrogens with two attached hydrogens (primary N) is 1. The van der Waals surface area contributed by atoms with Crippen LogP contribution >= 0.6 is 0 Å². The summed E-state index contributed by atoms with van der Waals surface area (Å²) in [7, 11) is 0. The molecule has 0 aliphatic heterocycles. The number of aliphatic hydroxyl groups excluding tert-OH is 1. The topological polar surface area (TPSA) is 46.2 Å². The zero-order valence-electron chi connectivity index (χ0n) is 9.42. The van der Waals surface area contributed by atoms with Crippen LogP contribution in [0.15, 0.2) is 18.2 Å². The summed E-state index contributed by atoms with van der Waals surface area (Å²) in [5, 5.41) is 9.22. The number of halogens is 1. The van der Waals surface area contributed by atoms with Crippen molar-refractivity contribution >= 4 is 0 Å². The first-order chi connectivity index (χ1) is 6.88. The average Bonchev–Trinajstić information content (AvgIpc) is 2.17. The first-order valence-electron chi connectivity index (χ1n) is 5.01. The summed E-state index contributed by atoms with van der Waals surface area (Å²) >= 11 is 0. The Bertz CT molecular complexity index is 349. The molecule has 1 aromatic rings. The van der Waals surface area contributed by atoms with Crippen molar-refractivity contribution in [3.05, 3.63) is 35.1 Å². The fourth-order valence-electron chi connectivity index (χ4n) is 1.51. The maximum absolute atomic E-state index is 12.9. The Morgan fingerprint density at radius 2 is 2.07 bits per heavy atom. The van der Waals surface area contributed by atoms with Gasteiger partial charge in [-0.2, -0.15) is 0 Å². The van der Waals surface area contributed by atoms with Gasteiger partial charge in [0, 0.05) is 18.1 Å². The van der Waals surface area contributed by atoms with Crippen LogP contribution in [0.25, 0.3) is 0 Å². The lowest BCUT2D eigenvalue weighted by Crippen LogP contribution is -2.32. The fourth-order valence-corrected chi connectivity index (χ4v) is 1.51. The van der Waals surface area contributed by atoms with Gasteiger partial charge in [0.05, 0.1) is 0 Å². The van der Waals surface area contributed by atoms with E-state index >= 15 is 0 Å². The lowest BCUT2D eigenvalue weighted by molar-refractivity contribution is 0.132. The molecule has 0 fully saturated rings. The predicted molar refractivity (Wildman–Crippen MR) is 58.9 cm³/mol. The molecule has 1 aromatic carbocycles. The van der Waals surface area contributed by atoms with Crippen LogP contribution in [0.2, 0.25) is 0 Å². The lowest BCUT2D eigenvalue weighted by Gasteiger charge is -2.30. The van der Waals surface area contributed by atoms with Gasteiger partial charge in [-0.15, -0.1) is 0 Å². The minimum absolute atomic E-state index is 0.00494. The van der Waals surface area contributed by atoms with Gasteiger partial charge in [-0.3, -0.25) is 0 Å². The number of hydrogen-bond acceptors (Lipinski definition) is 2. The van der Waals surface area contributed by atoms with Crippen molar-refractivity contribution in [2.45, 2.75) is 26.8 Å². The van der Waals surface area contributed by atoms with Gasteiger partial charge in [-0.25, -0.2) is 4.39 Å². The van der Waals surface area contributed by atoms with Crippen molar-refractivity contribution in [1.29, 1.82) is 0 Å². The molecule has 0 radical (unpaired) electrons. The van der Waals surface area contributed by atoms with Crippen molar-refractivity contribution in [2.75, 3.05) is 6.61 Å². The monoisotopic (exact) mass is 211 g/mol. The first-order valence-corrected chi connectivity index (χ1v) is 5.01. The second kappa shape index (κ2) is 4.29. The van der Waals surface area contributed by atoms with Crippen LogP contribution < -0.4 is 5.73 Å². The Morgan fingerprint density at radius 1 is 1.47 bits per heavy atom. The standard InChI is InChI=1S/C12H18FNO/c1-8-6-9(13)4-5-10(8)11(14)12(2,3)7-15/h4-6,11,15H,7,14H2,1-3H3/t11-/m0/s1. The molecule has 3 N–H and O–H groups in total. The quantitative estimate of drug-likeness (QED) is 0.804. The molecule has 1 rings (SSSR count). The molecule has 2 nitrogen and oxygen atoms in total. The smallest absolute Gasteiger partial charge is 0.123 e. The van der Waals surface area contributed by atoms with Gasteiger partial charge in [0.25, 0.3) is 0 Å². The number of hydrogen-bond donors (Lipinski definition) is 2. The Kier molecular flexibility index (Phi) is 3.47. The van der Waals surface area contributed by atoms with E-state index in [1.807, 2.05) is 20.8 Å². The molecule has 0 aromatic heterocycles. The molecule has 1 atom stereocenters. The molecule has 0 saturated heterocycles. The lowest BCUT2D eigenvalue weighted by atomic mass is 9.80. The highest BCUT2D eigenvalue weighted by Crippen LogP contribution is 2.32. The second-order valence-corrected chi connectivity index (χ2v) is 4.63. The van der Waals surface area contributed by atoms with E-state index in [0.717, 1.165) is 11.1 Å². The van der Waals surface area contributed by atoms with Gasteiger partial charge in [0.2, 0.25) is 0 Å². The van der Waals surface area contributed by atoms with E-state index in [-0.39, 0.29) is 18.5 Å². The summed E-state index contributed by atoms with van der Waals surface area (Å²) in [6, 6.07) is 4.26. The van der Waals surface area contributed by atoms with Crippen molar-refractivity contribution in [1.82, 2.24) is 0 Å². The molecule has 3 heteroatoms. The molecule has 0 amide bonds. The molecule has 0 aliphatic rings. The van der Waals surface area contributed by atoms with Gasteiger partial charge in [0.15, 0.2) is 0 Å². The second-order valence-electron chi connectivity index (χ2n) is 4.63. The van der Waals surface area contributed by atoms with Crippen LogP contribution in [0.4, 0.5) is 4.39 Å². The van der Waals surface area contributed by atoms with Crippen LogP contribution in [0.3, 0.4) is 0 Å². The Morgan fingerprint density at radius 3 is 2.53 bits per heavy atom. The van der Waals surface area contributed by atoms with Gasteiger partial charge in [-0.05, 0) is 30.2 Å². The number of aliphatic hydroxyl groups is 1. The molecular weight excluding hydrogens is 193 g/mol. The molecular formula is C12H18FNO. The molecule has 84 valence electrons. The van der Waals surface area contributed by atoms with Gasteiger partial charge >= 0.3 is 0 Å². The van der Waals surface area contributed by atoms with E-state index in [9.17, 15) is 9.50 Å². The molecule has 0 bridgehead atoms.